The summed E-state index contributed by atoms with van der Waals surface area (Å²) in [6, 6.07) is 5.13. The highest BCUT2D eigenvalue weighted by molar-refractivity contribution is 5.78. The molecule has 2 aromatic rings. The van der Waals surface area contributed by atoms with Gasteiger partial charge in [0.25, 0.3) is 5.56 Å². The molecule has 2 heterocycles. The van der Waals surface area contributed by atoms with Crippen molar-refractivity contribution >= 4 is 5.97 Å². The topological polar surface area (TPSA) is 76.0 Å². The van der Waals surface area contributed by atoms with Crippen LogP contribution in [0.1, 0.15) is 29.2 Å². The standard InChI is InChI=1S/C19H21NO6/c1-10-6-16-18(19(22)20(10)2)12(8-17(21)26-16)11-7-14(24-4)15(25-5)9-13(11)23-3/h6-7,9,12H,8H2,1-5H3. The quantitative estimate of drug-likeness (QED) is 0.779. The molecule has 138 valence electrons. The van der Waals surface area contributed by atoms with Crippen molar-refractivity contribution in [1.29, 1.82) is 0 Å². The number of fused-ring (bicyclic) bond motifs is 1. The lowest BCUT2D eigenvalue weighted by Crippen LogP contribution is -2.32. The minimum Gasteiger partial charge on any atom is -0.496 e. The van der Waals surface area contributed by atoms with Crippen LogP contribution >= 0.6 is 0 Å². The highest BCUT2D eigenvalue weighted by atomic mass is 16.5. The Hall–Kier alpha value is -2.96. The molecular formula is C19H21NO6. The summed E-state index contributed by atoms with van der Waals surface area (Å²) in [6.45, 7) is 1.79. The lowest BCUT2D eigenvalue weighted by Gasteiger charge is -2.27. The van der Waals surface area contributed by atoms with E-state index in [9.17, 15) is 9.59 Å². The first-order valence-electron chi connectivity index (χ1n) is 8.12. The van der Waals surface area contributed by atoms with Crippen LogP contribution in [-0.4, -0.2) is 31.9 Å². The van der Waals surface area contributed by atoms with Crippen molar-refractivity contribution in [3.05, 3.63) is 45.4 Å². The van der Waals surface area contributed by atoms with Crippen molar-refractivity contribution in [3.63, 3.8) is 0 Å². The Morgan fingerprint density at radius 1 is 1.00 bits per heavy atom. The fourth-order valence-electron chi connectivity index (χ4n) is 3.24. The predicted molar refractivity (Wildman–Crippen MR) is 94.6 cm³/mol. The van der Waals surface area contributed by atoms with Crippen molar-refractivity contribution in [1.82, 2.24) is 4.57 Å². The first-order chi connectivity index (χ1) is 12.4. The number of pyridine rings is 1. The molecule has 0 fully saturated rings. The number of carbonyl (C=O) groups is 1. The van der Waals surface area contributed by atoms with E-state index in [2.05, 4.69) is 0 Å². The molecule has 0 aliphatic carbocycles. The number of benzene rings is 1. The van der Waals surface area contributed by atoms with E-state index in [1.807, 2.05) is 0 Å². The Labute approximate surface area is 151 Å². The van der Waals surface area contributed by atoms with E-state index < -0.39 is 11.9 Å². The monoisotopic (exact) mass is 359 g/mol. The van der Waals surface area contributed by atoms with Gasteiger partial charge < -0.3 is 23.5 Å². The van der Waals surface area contributed by atoms with Crippen LogP contribution in [-0.2, 0) is 11.8 Å². The number of nitrogens with zero attached hydrogens (tertiary/aromatic N) is 1. The van der Waals surface area contributed by atoms with Gasteiger partial charge >= 0.3 is 5.97 Å². The number of methoxy groups -OCH3 is 3. The number of hydrogen-bond donors (Lipinski definition) is 0. The zero-order chi connectivity index (χ0) is 19.0. The van der Waals surface area contributed by atoms with Crippen LogP contribution in [0.15, 0.2) is 23.0 Å². The molecule has 0 bridgehead atoms. The van der Waals surface area contributed by atoms with E-state index in [0.29, 0.717) is 39.8 Å². The Morgan fingerprint density at radius 3 is 2.23 bits per heavy atom. The average Bonchev–Trinajstić information content (AvgIpc) is 2.64. The molecule has 1 atom stereocenters. The number of carbonyl (C=O) groups excluding carboxylic acids is 1. The second-order valence-corrected chi connectivity index (χ2v) is 6.11. The summed E-state index contributed by atoms with van der Waals surface area (Å²) >= 11 is 0. The van der Waals surface area contributed by atoms with Crippen LogP contribution in [0.3, 0.4) is 0 Å². The number of aromatic nitrogens is 1. The predicted octanol–water partition coefficient (Wildman–Crippen LogP) is 2.16. The van der Waals surface area contributed by atoms with Gasteiger partial charge in [-0.15, -0.1) is 0 Å². The third kappa shape index (κ3) is 2.79. The van der Waals surface area contributed by atoms with Gasteiger partial charge in [0.15, 0.2) is 11.5 Å². The van der Waals surface area contributed by atoms with Gasteiger partial charge in [-0.25, -0.2) is 0 Å². The van der Waals surface area contributed by atoms with Gasteiger partial charge in [-0.3, -0.25) is 9.59 Å². The van der Waals surface area contributed by atoms with Crippen molar-refractivity contribution in [3.8, 4) is 23.0 Å². The highest BCUT2D eigenvalue weighted by Crippen LogP contribution is 2.44. The maximum absolute atomic E-state index is 12.9. The van der Waals surface area contributed by atoms with Crippen LogP contribution in [0.4, 0.5) is 0 Å². The van der Waals surface area contributed by atoms with E-state index in [0.717, 1.165) is 0 Å². The molecule has 7 heteroatoms. The Kier molecular flexibility index (Phi) is 4.63. The van der Waals surface area contributed by atoms with E-state index in [-0.39, 0.29) is 12.0 Å². The lowest BCUT2D eigenvalue weighted by atomic mass is 9.86. The number of ether oxygens (including phenoxy) is 4. The highest BCUT2D eigenvalue weighted by Gasteiger charge is 2.34. The summed E-state index contributed by atoms with van der Waals surface area (Å²) in [5.74, 6) is 0.906. The minimum absolute atomic E-state index is 0.0388. The van der Waals surface area contributed by atoms with Gasteiger partial charge in [-0.2, -0.15) is 0 Å². The van der Waals surface area contributed by atoms with Gasteiger partial charge in [0.1, 0.15) is 11.5 Å². The maximum Gasteiger partial charge on any atom is 0.312 e. The van der Waals surface area contributed by atoms with E-state index in [4.69, 9.17) is 18.9 Å². The molecule has 3 rings (SSSR count). The van der Waals surface area contributed by atoms with Gasteiger partial charge in [0.2, 0.25) is 0 Å². The Morgan fingerprint density at radius 2 is 1.62 bits per heavy atom. The number of aryl methyl sites for hydroxylation is 1. The van der Waals surface area contributed by atoms with E-state index in [1.165, 1.54) is 25.9 Å². The van der Waals surface area contributed by atoms with Gasteiger partial charge in [0.05, 0.1) is 33.3 Å². The van der Waals surface area contributed by atoms with Crippen LogP contribution in [0.5, 0.6) is 23.0 Å². The largest absolute Gasteiger partial charge is 0.496 e. The third-order valence-electron chi connectivity index (χ3n) is 4.72. The Bertz CT molecular complexity index is 931. The number of rotatable bonds is 4. The summed E-state index contributed by atoms with van der Waals surface area (Å²) < 4.78 is 23.0. The summed E-state index contributed by atoms with van der Waals surface area (Å²) in [7, 11) is 6.28. The number of esters is 1. The normalized spacial score (nSPS) is 15.9. The van der Waals surface area contributed by atoms with Crippen LogP contribution in [0.2, 0.25) is 0 Å². The Balaban J connectivity index is 2.28. The second kappa shape index (κ2) is 6.74. The van der Waals surface area contributed by atoms with E-state index in [1.54, 1.807) is 32.2 Å². The minimum atomic E-state index is -0.500. The van der Waals surface area contributed by atoms with Gasteiger partial charge in [0, 0.05) is 36.4 Å². The molecule has 1 aromatic carbocycles. The van der Waals surface area contributed by atoms with Gasteiger partial charge in [-0.1, -0.05) is 0 Å². The van der Waals surface area contributed by atoms with Crippen molar-refractivity contribution < 1.29 is 23.7 Å². The molecule has 1 aliphatic rings. The first kappa shape index (κ1) is 17.8. The molecule has 1 aliphatic heterocycles. The van der Waals surface area contributed by atoms with Crippen molar-refractivity contribution in [2.45, 2.75) is 19.3 Å². The maximum atomic E-state index is 12.9. The third-order valence-corrected chi connectivity index (χ3v) is 4.72. The molecule has 0 saturated carbocycles. The van der Waals surface area contributed by atoms with Crippen LogP contribution < -0.4 is 24.5 Å². The molecule has 1 aromatic heterocycles. The molecule has 26 heavy (non-hydrogen) atoms. The SMILES string of the molecule is COc1cc(OC)c(C2CC(=O)Oc3cc(C)n(C)c(=O)c32)cc1OC. The second-order valence-electron chi connectivity index (χ2n) is 6.11. The average molecular weight is 359 g/mol. The zero-order valence-electron chi connectivity index (χ0n) is 15.4. The summed E-state index contributed by atoms with van der Waals surface area (Å²) in [4.78, 5) is 25.0. The zero-order valence-corrected chi connectivity index (χ0v) is 15.4. The summed E-state index contributed by atoms with van der Waals surface area (Å²) in [5, 5.41) is 0. The molecule has 0 saturated heterocycles. The van der Waals surface area contributed by atoms with Crippen LogP contribution in [0.25, 0.3) is 0 Å². The van der Waals surface area contributed by atoms with Crippen LogP contribution in [0, 0.1) is 6.92 Å². The van der Waals surface area contributed by atoms with Crippen molar-refractivity contribution in [2.75, 3.05) is 21.3 Å². The molecule has 0 N–H and O–H groups in total. The molecule has 0 amide bonds. The lowest BCUT2D eigenvalue weighted by molar-refractivity contribution is -0.135. The molecule has 1 unspecified atom stereocenters. The fourth-order valence-corrected chi connectivity index (χ4v) is 3.24. The fraction of sp³-hybridized carbons (Fsp3) is 0.368. The van der Waals surface area contributed by atoms with Crippen molar-refractivity contribution in [2.24, 2.45) is 7.05 Å². The molecule has 0 spiro atoms. The smallest absolute Gasteiger partial charge is 0.312 e. The molecule has 7 nitrogen and oxygen atoms in total. The molecular weight excluding hydrogens is 338 g/mol. The summed E-state index contributed by atoms with van der Waals surface area (Å²) in [6.07, 6.45) is 0.0388. The number of hydrogen-bond acceptors (Lipinski definition) is 6. The van der Waals surface area contributed by atoms with E-state index >= 15 is 0 Å². The van der Waals surface area contributed by atoms with Gasteiger partial charge in [-0.05, 0) is 13.0 Å². The molecule has 0 radical (unpaired) electrons. The summed E-state index contributed by atoms with van der Waals surface area (Å²) in [5.41, 5.74) is 1.61. The first-order valence-corrected chi connectivity index (χ1v) is 8.12.